The van der Waals surface area contributed by atoms with Crippen LogP contribution in [0.2, 0.25) is 0 Å². The van der Waals surface area contributed by atoms with Crippen LogP contribution in [0, 0.1) is 11.3 Å². The molecule has 3 heterocycles. The fourth-order valence-electron chi connectivity index (χ4n) is 7.51. The SMILES string of the molecule is O=C1c2cccc3c2C(=O)C2(CSSCNC4=CC(=CCN4)CCC4(O)C(O)C(CO)OC(O3)C4O)C(O)=CC(Cc3cccc(CO)c3)=CC12. The minimum absolute atomic E-state index is 0.0349. The summed E-state index contributed by atoms with van der Waals surface area (Å²) < 4.78 is 11.9. The summed E-state index contributed by atoms with van der Waals surface area (Å²) in [5.74, 6) is -1.23. The maximum absolute atomic E-state index is 14.9. The van der Waals surface area contributed by atoms with Gasteiger partial charge in [-0.25, -0.2) is 0 Å². The Labute approximate surface area is 302 Å². The number of dihydropyridines is 1. The number of benzene rings is 2. The number of hydrogen-bond donors (Lipinski definition) is 8. The summed E-state index contributed by atoms with van der Waals surface area (Å²) in [6.07, 6.45) is 1.11. The van der Waals surface area contributed by atoms with E-state index in [2.05, 4.69) is 10.6 Å². The van der Waals surface area contributed by atoms with Gasteiger partial charge in [-0.05, 0) is 59.8 Å². The molecule has 7 unspecified atom stereocenters. The molecule has 0 saturated carbocycles. The molecule has 14 heteroatoms. The third-order valence-electron chi connectivity index (χ3n) is 10.3. The second kappa shape index (κ2) is 14.4. The lowest BCUT2D eigenvalue weighted by atomic mass is 9.60. The second-order valence-electron chi connectivity index (χ2n) is 13.4. The minimum Gasteiger partial charge on any atom is -0.511 e. The summed E-state index contributed by atoms with van der Waals surface area (Å²) in [6.45, 7) is -0.327. The van der Waals surface area contributed by atoms with Gasteiger partial charge in [0.25, 0.3) is 0 Å². The lowest BCUT2D eigenvalue weighted by Gasteiger charge is -2.48. The molecule has 7 rings (SSSR count). The van der Waals surface area contributed by atoms with Gasteiger partial charge < -0.3 is 50.7 Å². The largest absolute Gasteiger partial charge is 0.511 e. The molecule has 3 aliphatic heterocycles. The van der Waals surface area contributed by atoms with E-state index in [9.17, 15) is 40.2 Å². The van der Waals surface area contributed by atoms with E-state index in [0.717, 1.165) is 16.7 Å². The molecule has 12 nitrogen and oxygen atoms in total. The van der Waals surface area contributed by atoms with Crippen LogP contribution in [0.4, 0.5) is 0 Å². The van der Waals surface area contributed by atoms with Gasteiger partial charge in [0.05, 0.1) is 36.4 Å². The van der Waals surface area contributed by atoms with Crippen molar-refractivity contribution < 1.29 is 49.7 Å². The van der Waals surface area contributed by atoms with Gasteiger partial charge in [-0.3, -0.25) is 9.59 Å². The van der Waals surface area contributed by atoms with Gasteiger partial charge >= 0.3 is 0 Å². The third-order valence-corrected chi connectivity index (χ3v) is 12.5. The van der Waals surface area contributed by atoms with Crippen LogP contribution in [0.3, 0.4) is 0 Å². The molecule has 2 aliphatic carbocycles. The van der Waals surface area contributed by atoms with Crippen LogP contribution >= 0.6 is 21.6 Å². The Morgan fingerprint density at radius 3 is 2.59 bits per heavy atom. The maximum atomic E-state index is 14.9. The summed E-state index contributed by atoms with van der Waals surface area (Å²) in [6, 6.07) is 11.8. The first-order valence-corrected chi connectivity index (χ1v) is 19.2. The van der Waals surface area contributed by atoms with Crippen molar-refractivity contribution >= 4 is 33.2 Å². The van der Waals surface area contributed by atoms with Gasteiger partial charge in [0.15, 0.2) is 11.6 Å². The van der Waals surface area contributed by atoms with Gasteiger partial charge in [0.1, 0.15) is 40.8 Å². The van der Waals surface area contributed by atoms with E-state index in [1.54, 1.807) is 12.1 Å². The summed E-state index contributed by atoms with van der Waals surface area (Å²) in [4.78, 5) is 29.4. The van der Waals surface area contributed by atoms with Crippen molar-refractivity contribution in [2.24, 2.45) is 11.3 Å². The fourth-order valence-corrected chi connectivity index (χ4v) is 9.77. The molecule has 2 aromatic rings. The van der Waals surface area contributed by atoms with Crippen LogP contribution in [-0.2, 0) is 17.8 Å². The zero-order valence-corrected chi connectivity index (χ0v) is 29.2. The highest BCUT2D eigenvalue weighted by Crippen LogP contribution is 2.53. The number of ketones is 2. The number of aliphatic hydroxyl groups is 6. The number of hydrogen-bond acceptors (Lipinski definition) is 14. The van der Waals surface area contributed by atoms with Crippen molar-refractivity contribution in [1.82, 2.24) is 10.6 Å². The zero-order chi connectivity index (χ0) is 35.9. The van der Waals surface area contributed by atoms with Gasteiger partial charge in [0.2, 0.25) is 6.29 Å². The van der Waals surface area contributed by atoms with Gasteiger partial charge in [-0.15, -0.1) is 0 Å². The molecule has 1 spiro atoms. The Morgan fingerprint density at radius 2 is 1.78 bits per heavy atom. The number of rotatable bonds is 4. The van der Waals surface area contributed by atoms with Gasteiger partial charge in [0, 0.05) is 17.9 Å². The predicted molar refractivity (Wildman–Crippen MR) is 191 cm³/mol. The van der Waals surface area contributed by atoms with E-state index in [4.69, 9.17) is 9.47 Å². The number of Topliss-reactive ketones (excluding diaryl/α,β-unsaturated/α-hetero) is 2. The highest BCUT2D eigenvalue weighted by Gasteiger charge is 2.59. The number of ether oxygens (including phenoxy) is 2. The Hall–Kier alpha value is -3.60. The fraction of sp³-hybridized carbons (Fsp3) is 0.405. The van der Waals surface area contributed by atoms with Crippen LogP contribution in [0.5, 0.6) is 5.75 Å². The number of nitrogens with one attached hydrogen (secondary N) is 2. The lowest BCUT2D eigenvalue weighted by molar-refractivity contribution is -0.315. The van der Waals surface area contributed by atoms with E-state index in [0.29, 0.717) is 30.2 Å². The highest BCUT2D eigenvalue weighted by atomic mass is 33.1. The van der Waals surface area contributed by atoms with Crippen molar-refractivity contribution in [3.63, 3.8) is 0 Å². The zero-order valence-electron chi connectivity index (χ0n) is 27.5. The molecule has 0 aromatic heterocycles. The first-order chi connectivity index (χ1) is 24.6. The first-order valence-electron chi connectivity index (χ1n) is 16.8. The third kappa shape index (κ3) is 6.42. The predicted octanol–water partition coefficient (Wildman–Crippen LogP) is 2.43. The quantitative estimate of drug-likeness (QED) is 0.213. The van der Waals surface area contributed by atoms with Gasteiger partial charge in [-0.2, -0.15) is 0 Å². The number of aliphatic hydroxyl groups excluding tert-OH is 5. The summed E-state index contributed by atoms with van der Waals surface area (Å²) in [5, 5.41) is 72.5. The standard InChI is InChI=1S/C37H40N2O10S2/c40-16-22-4-1-3-21(11-22)12-23-13-25-31(43)24-5-2-6-26-30(24)33(45)36(25,28(42)14-23)18-50-51-19-39-29-15-20(8-10-38-29)7-9-37(47)32(44)27(17-41)49-35(48-26)34(37)46/h1-6,8,11,13-15,25,27,32,34-35,38-42,44,46-47H,7,9-10,12,16-19H2. The van der Waals surface area contributed by atoms with Crippen LogP contribution in [0.25, 0.3) is 0 Å². The minimum atomic E-state index is -2.18. The van der Waals surface area contributed by atoms with Crippen LogP contribution in [0.15, 0.2) is 89.5 Å². The molecule has 8 N–H and O–H groups in total. The molecule has 0 amide bonds. The molecule has 7 atom stereocenters. The maximum Gasteiger partial charge on any atom is 0.229 e. The molecule has 5 aliphatic rings. The summed E-state index contributed by atoms with van der Waals surface area (Å²) in [5.41, 5.74) is -0.831. The average Bonchev–Trinajstić information content (AvgIpc) is 3.13. The summed E-state index contributed by atoms with van der Waals surface area (Å²) >= 11 is 0. The van der Waals surface area contributed by atoms with Crippen molar-refractivity contribution in [2.45, 2.75) is 56.1 Å². The van der Waals surface area contributed by atoms with Crippen molar-refractivity contribution in [3.8, 4) is 5.75 Å². The molecule has 6 bridgehead atoms. The number of carbonyl (C=O) groups excluding carboxylic acids is 2. The molecule has 270 valence electrons. The molecular formula is C37H40N2O10S2. The first kappa shape index (κ1) is 35.8. The smallest absolute Gasteiger partial charge is 0.229 e. The highest BCUT2D eigenvalue weighted by molar-refractivity contribution is 8.76. The lowest BCUT2D eigenvalue weighted by Crippen LogP contribution is -2.68. The summed E-state index contributed by atoms with van der Waals surface area (Å²) in [7, 11) is 2.76. The van der Waals surface area contributed by atoms with Crippen LogP contribution < -0.4 is 15.4 Å². The van der Waals surface area contributed by atoms with Gasteiger partial charge in [-0.1, -0.05) is 70.1 Å². The molecule has 0 radical (unpaired) electrons. The van der Waals surface area contributed by atoms with E-state index >= 15 is 0 Å². The Kier molecular flexibility index (Phi) is 10.1. The molecule has 2 aromatic carbocycles. The Morgan fingerprint density at radius 1 is 0.980 bits per heavy atom. The van der Waals surface area contributed by atoms with E-state index in [1.165, 1.54) is 45.9 Å². The van der Waals surface area contributed by atoms with Crippen LogP contribution in [-0.4, -0.2) is 97.2 Å². The molecular weight excluding hydrogens is 697 g/mol. The topological polar surface area (TPSA) is 198 Å². The Balaban J connectivity index is 1.31. The second-order valence-corrected chi connectivity index (χ2v) is 15.9. The van der Waals surface area contributed by atoms with E-state index < -0.39 is 59.7 Å². The number of allylic oxidation sites excluding steroid dienone is 6. The van der Waals surface area contributed by atoms with E-state index in [-0.39, 0.29) is 47.8 Å². The Bertz CT molecular complexity index is 1840. The monoisotopic (exact) mass is 736 g/mol. The normalized spacial score (nSPS) is 32.3. The van der Waals surface area contributed by atoms with Crippen molar-refractivity contribution in [3.05, 3.63) is 112 Å². The van der Waals surface area contributed by atoms with Crippen molar-refractivity contribution in [1.29, 1.82) is 0 Å². The van der Waals surface area contributed by atoms with Crippen molar-refractivity contribution in [2.75, 3.05) is 24.8 Å². The molecule has 1 fully saturated rings. The van der Waals surface area contributed by atoms with E-state index in [1.807, 2.05) is 30.4 Å². The van der Waals surface area contributed by atoms with Crippen LogP contribution in [0.1, 0.15) is 44.7 Å². The number of carbonyl (C=O) groups is 2. The number of fused-ring (bicyclic) bond motifs is 3. The molecule has 1 saturated heterocycles. The molecule has 51 heavy (non-hydrogen) atoms. The average molecular weight is 737 g/mol.